The molecule has 1 fully saturated rings. The molecule has 0 spiro atoms. The quantitative estimate of drug-likeness (QED) is 0.912. The summed E-state index contributed by atoms with van der Waals surface area (Å²) in [7, 11) is 0. The van der Waals surface area contributed by atoms with Gasteiger partial charge in [-0.15, -0.1) is 0 Å². The highest BCUT2D eigenvalue weighted by Gasteiger charge is 2.37. The zero-order valence-electron chi connectivity index (χ0n) is 14.7. The predicted molar refractivity (Wildman–Crippen MR) is 100 cm³/mol. The van der Waals surface area contributed by atoms with Crippen molar-refractivity contribution in [1.82, 2.24) is 15.0 Å². The fourth-order valence-corrected chi connectivity index (χ4v) is 3.85. The number of allylic oxidation sites excluding steroid dienone is 3. The third-order valence-electron chi connectivity index (χ3n) is 5.88. The molecule has 0 radical (unpaired) electrons. The van der Waals surface area contributed by atoms with Gasteiger partial charge in [0.15, 0.2) is 0 Å². The van der Waals surface area contributed by atoms with Gasteiger partial charge in [-0.3, -0.25) is 4.98 Å². The number of nitrogens with zero attached hydrogens (tertiary/aromatic N) is 3. The Labute approximate surface area is 148 Å². The van der Waals surface area contributed by atoms with Crippen molar-refractivity contribution in [1.29, 1.82) is 0 Å². The van der Waals surface area contributed by atoms with Crippen molar-refractivity contribution in [3.63, 3.8) is 0 Å². The molecule has 25 heavy (non-hydrogen) atoms. The van der Waals surface area contributed by atoms with E-state index in [-0.39, 0.29) is 0 Å². The fraction of sp³-hybridized carbons (Fsp3) is 0.381. The van der Waals surface area contributed by atoms with Gasteiger partial charge in [0.25, 0.3) is 0 Å². The number of rotatable bonds is 4. The lowest BCUT2D eigenvalue weighted by Gasteiger charge is -2.14. The fourth-order valence-electron chi connectivity index (χ4n) is 3.85. The molecule has 0 bridgehead atoms. The smallest absolute Gasteiger partial charge is 0.222 e. The van der Waals surface area contributed by atoms with Crippen LogP contribution in [0.3, 0.4) is 0 Å². The molecule has 126 valence electrons. The minimum Gasteiger partial charge on any atom is -0.354 e. The number of aromatic nitrogens is 3. The van der Waals surface area contributed by atoms with Crippen LogP contribution in [0.5, 0.6) is 0 Å². The van der Waals surface area contributed by atoms with E-state index in [1.807, 2.05) is 18.6 Å². The van der Waals surface area contributed by atoms with E-state index in [4.69, 9.17) is 4.98 Å². The standard InChI is InChI=1S/C21H22N4/c1-13-15-5-8-22-10-14(15)9-17(13)16-3-4-19-18(16)11-23-20(25-19)24-12-21(2)6-7-21/h3,5,8-11,13H,4,6-7,12H2,1-2H3,(H,23,24,25). The van der Waals surface area contributed by atoms with Crippen molar-refractivity contribution >= 4 is 17.6 Å². The van der Waals surface area contributed by atoms with Crippen molar-refractivity contribution in [2.45, 2.75) is 39.0 Å². The van der Waals surface area contributed by atoms with Crippen molar-refractivity contribution < 1.29 is 0 Å². The van der Waals surface area contributed by atoms with Gasteiger partial charge in [-0.25, -0.2) is 9.97 Å². The average molecular weight is 330 g/mol. The summed E-state index contributed by atoms with van der Waals surface area (Å²) >= 11 is 0. The molecule has 1 unspecified atom stereocenters. The molecule has 4 heteroatoms. The molecule has 5 rings (SSSR count). The first-order chi connectivity index (χ1) is 12.1. The van der Waals surface area contributed by atoms with Crippen molar-refractivity contribution in [2.75, 3.05) is 11.9 Å². The average Bonchev–Trinajstić information content (AvgIpc) is 3.09. The van der Waals surface area contributed by atoms with E-state index in [1.165, 1.54) is 40.7 Å². The molecule has 1 atom stereocenters. The number of anilines is 1. The summed E-state index contributed by atoms with van der Waals surface area (Å²) in [6.07, 6.45) is 13.9. The summed E-state index contributed by atoms with van der Waals surface area (Å²) in [6.45, 7) is 5.55. The SMILES string of the molecule is CC1C(C2=CCc3nc(NCC4(C)CC4)ncc32)=Cc2cnccc21. The summed E-state index contributed by atoms with van der Waals surface area (Å²) in [5.74, 6) is 1.16. The first-order valence-electron chi connectivity index (χ1n) is 9.09. The van der Waals surface area contributed by atoms with Crippen LogP contribution in [-0.4, -0.2) is 21.5 Å². The lowest BCUT2D eigenvalue weighted by molar-refractivity contribution is 0.607. The molecular formula is C21H22N4. The van der Waals surface area contributed by atoms with E-state index in [0.717, 1.165) is 24.6 Å². The Morgan fingerprint density at radius 1 is 1.28 bits per heavy atom. The van der Waals surface area contributed by atoms with Crippen LogP contribution >= 0.6 is 0 Å². The van der Waals surface area contributed by atoms with Crippen LogP contribution in [0.4, 0.5) is 5.95 Å². The van der Waals surface area contributed by atoms with Gasteiger partial charge in [-0.2, -0.15) is 0 Å². The molecule has 1 N–H and O–H groups in total. The molecule has 0 aliphatic heterocycles. The van der Waals surface area contributed by atoms with Crippen LogP contribution < -0.4 is 5.32 Å². The summed E-state index contributed by atoms with van der Waals surface area (Å²) in [6, 6.07) is 2.13. The van der Waals surface area contributed by atoms with Gasteiger partial charge < -0.3 is 5.32 Å². The summed E-state index contributed by atoms with van der Waals surface area (Å²) in [4.78, 5) is 13.6. The van der Waals surface area contributed by atoms with Gasteiger partial charge >= 0.3 is 0 Å². The van der Waals surface area contributed by atoms with Gasteiger partial charge in [-0.1, -0.05) is 19.9 Å². The second kappa shape index (κ2) is 5.25. The number of hydrogen-bond acceptors (Lipinski definition) is 4. The summed E-state index contributed by atoms with van der Waals surface area (Å²) < 4.78 is 0. The maximum absolute atomic E-state index is 4.77. The monoisotopic (exact) mass is 330 g/mol. The lowest BCUT2D eigenvalue weighted by Crippen LogP contribution is -2.14. The Bertz CT molecular complexity index is 921. The predicted octanol–water partition coefficient (Wildman–Crippen LogP) is 4.22. The van der Waals surface area contributed by atoms with E-state index < -0.39 is 0 Å². The van der Waals surface area contributed by atoms with Crippen LogP contribution in [-0.2, 0) is 6.42 Å². The molecule has 3 aliphatic rings. The number of nitrogens with one attached hydrogen (secondary N) is 1. The third kappa shape index (κ3) is 2.48. The lowest BCUT2D eigenvalue weighted by atomic mass is 9.91. The summed E-state index contributed by atoms with van der Waals surface area (Å²) in [5.41, 5.74) is 8.01. The second-order valence-corrected chi connectivity index (χ2v) is 7.87. The number of pyridine rings is 1. The van der Waals surface area contributed by atoms with E-state index in [0.29, 0.717) is 11.3 Å². The van der Waals surface area contributed by atoms with Gasteiger partial charge in [0.1, 0.15) is 0 Å². The largest absolute Gasteiger partial charge is 0.354 e. The maximum Gasteiger partial charge on any atom is 0.222 e. The maximum atomic E-state index is 4.77. The van der Waals surface area contributed by atoms with Crippen molar-refractivity contribution in [3.8, 4) is 0 Å². The summed E-state index contributed by atoms with van der Waals surface area (Å²) in [5, 5.41) is 3.42. The Morgan fingerprint density at radius 3 is 2.96 bits per heavy atom. The molecule has 2 heterocycles. The van der Waals surface area contributed by atoms with E-state index in [2.05, 4.69) is 47.4 Å². The number of fused-ring (bicyclic) bond motifs is 2. The highest BCUT2D eigenvalue weighted by molar-refractivity contribution is 5.91. The Hall–Kier alpha value is -2.49. The van der Waals surface area contributed by atoms with Crippen molar-refractivity contribution in [2.24, 2.45) is 5.41 Å². The van der Waals surface area contributed by atoms with Crippen LogP contribution in [0.2, 0.25) is 0 Å². The van der Waals surface area contributed by atoms with E-state index >= 15 is 0 Å². The van der Waals surface area contributed by atoms with Gasteiger partial charge in [-0.05, 0) is 52.7 Å². The molecule has 1 saturated carbocycles. The van der Waals surface area contributed by atoms with Gasteiger partial charge in [0.2, 0.25) is 5.95 Å². The zero-order valence-corrected chi connectivity index (χ0v) is 14.7. The Balaban J connectivity index is 1.40. The Morgan fingerprint density at radius 2 is 2.16 bits per heavy atom. The first-order valence-corrected chi connectivity index (χ1v) is 9.09. The second-order valence-electron chi connectivity index (χ2n) is 7.87. The van der Waals surface area contributed by atoms with Crippen LogP contribution in [0.25, 0.3) is 11.6 Å². The molecule has 2 aromatic heterocycles. The topological polar surface area (TPSA) is 50.7 Å². The van der Waals surface area contributed by atoms with E-state index in [9.17, 15) is 0 Å². The molecule has 4 nitrogen and oxygen atoms in total. The minimum absolute atomic E-state index is 0.391. The van der Waals surface area contributed by atoms with Crippen molar-refractivity contribution in [3.05, 3.63) is 58.7 Å². The normalized spacial score (nSPS) is 22.1. The third-order valence-corrected chi connectivity index (χ3v) is 5.88. The Kier molecular flexibility index (Phi) is 3.11. The molecule has 0 saturated heterocycles. The molecule has 0 amide bonds. The minimum atomic E-state index is 0.391. The highest BCUT2D eigenvalue weighted by Crippen LogP contribution is 2.46. The molecule has 2 aromatic rings. The highest BCUT2D eigenvalue weighted by atomic mass is 15.1. The molecular weight excluding hydrogens is 308 g/mol. The first kappa shape index (κ1) is 14.8. The van der Waals surface area contributed by atoms with Crippen LogP contribution in [0, 0.1) is 5.41 Å². The number of hydrogen-bond donors (Lipinski definition) is 1. The molecule has 3 aliphatic carbocycles. The zero-order chi connectivity index (χ0) is 17.0. The van der Waals surface area contributed by atoms with Crippen LogP contribution in [0.1, 0.15) is 55.0 Å². The van der Waals surface area contributed by atoms with Gasteiger partial charge in [0.05, 0.1) is 5.69 Å². The van der Waals surface area contributed by atoms with Crippen LogP contribution in [0.15, 0.2) is 36.3 Å². The van der Waals surface area contributed by atoms with Gasteiger partial charge in [0, 0.05) is 43.0 Å². The molecule has 0 aromatic carbocycles. The van der Waals surface area contributed by atoms with E-state index in [1.54, 1.807) is 0 Å².